The maximum atomic E-state index is 12.2. The van der Waals surface area contributed by atoms with Gasteiger partial charge in [-0.25, -0.2) is 0 Å². The number of hydrogen-bond donors (Lipinski definition) is 1. The molecule has 1 aromatic carbocycles. The van der Waals surface area contributed by atoms with Crippen LogP contribution in [0.25, 0.3) is 6.08 Å². The summed E-state index contributed by atoms with van der Waals surface area (Å²) < 4.78 is 0.833. The van der Waals surface area contributed by atoms with E-state index in [0.29, 0.717) is 22.9 Å². The Bertz CT molecular complexity index is 586. The second kappa shape index (κ2) is 5.30. The molecule has 1 heterocycles. The van der Waals surface area contributed by atoms with E-state index in [-0.39, 0.29) is 11.7 Å². The Balaban J connectivity index is 2.46. The monoisotopic (exact) mass is 340 g/mol. The largest absolute Gasteiger partial charge is 0.507 e. The Morgan fingerprint density at radius 1 is 1.47 bits per heavy atom. The third-order valence-corrected chi connectivity index (χ3v) is 3.93. The number of phenols is 1. The highest BCUT2D eigenvalue weighted by Gasteiger charge is 2.34. The number of likely N-dealkylation sites (N-methyl/N-ethyl adjacent to an activating group) is 2. The quantitative estimate of drug-likeness (QED) is 0.663. The third-order valence-electron chi connectivity index (χ3n) is 2.94. The maximum Gasteiger partial charge on any atom is 0.276 e. The van der Waals surface area contributed by atoms with Gasteiger partial charge in [-0.3, -0.25) is 9.69 Å². The molecule has 1 N–H and O–H groups in total. The van der Waals surface area contributed by atoms with Crippen molar-refractivity contribution in [2.45, 2.75) is 6.92 Å². The molecule has 2 rings (SSSR count). The number of thiocarbonyl (C=S) groups is 1. The fraction of sp³-hybridized carbons (Fsp3) is 0.231. The standard InChI is InChI=1S/C13H13BrN2O2S/c1-3-16-12(18)10(15(2)13(16)19)7-8-6-9(14)4-5-11(8)17/h4-7,17H,3H2,1-2H3/b10-7-. The zero-order valence-corrected chi connectivity index (χ0v) is 13.0. The molecule has 1 aliphatic rings. The van der Waals surface area contributed by atoms with Crippen LogP contribution in [0, 0.1) is 0 Å². The molecule has 1 fully saturated rings. The average Bonchev–Trinajstić information content (AvgIpc) is 2.57. The van der Waals surface area contributed by atoms with Crippen molar-refractivity contribution in [3.63, 3.8) is 0 Å². The summed E-state index contributed by atoms with van der Waals surface area (Å²) in [5.74, 6) is -0.0212. The van der Waals surface area contributed by atoms with Crippen LogP contribution in [-0.4, -0.2) is 39.5 Å². The van der Waals surface area contributed by atoms with Gasteiger partial charge in [0.25, 0.3) is 5.91 Å². The first-order valence-electron chi connectivity index (χ1n) is 5.75. The number of nitrogens with zero attached hydrogens (tertiary/aromatic N) is 2. The summed E-state index contributed by atoms with van der Waals surface area (Å²) in [4.78, 5) is 15.4. The predicted octanol–water partition coefficient (Wildman–Crippen LogP) is 2.57. The molecule has 0 aliphatic carbocycles. The molecule has 6 heteroatoms. The summed E-state index contributed by atoms with van der Waals surface area (Å²) >= 11 is 8.55. The Kier molecular flexibility index (Phi) is 3.91. The van der Waals surface area contributed by atoms with Crippen molar-refractivity contribution in [1.82, 2.24) is 9.80 Å². The van der Waals surface area contributed by atoms with Crippen molar-refractivity contribution in [1.29, 1.82) is 0 Å². The highest BCUT2D eigenvalue weighted by atomic mass is 79.9. The summed E-state index contributed by atoms with van der Waals surface area (Å²) in [7, 11) is 1.75. The summed E-state index contributed by atoms with van der Waals surface area (Å²) in [6.45, 7) is 2.40. The first kappa shape index (κ1) is 14.0. The SMILES string of the molecule is CCN1C(=O)/C(=C/c2cc(Br)ccc2O)N(C)C1=S. The fourth-order valence-corrected chi connectivity index (χ4v) is 2.57. The second-order valence-electron chi connectivity index (χ2n) is 4.12. The van der Waals surface area contributed by atoms with E-state index >= 15 is 0 Å². The minimum absolute atomic E-state index is 0.123. The number of aromatic hydroxyl groups is 1. The van der Waals surface area contributed by atoms with E-state index in [1.54, 1.807) is 36.2 Å². The van der Waals surface area contributed by atoms with Gasteiger partial charge >= 0.3 is 0 Å². The van der Waals surface area contributed by atoms with Crippen LogP contribution in [0.3, 0.4) is 0 Å². The topological polar surface area (TPSA) is 43.8 Å². The molecule has 1 aliphatic heterocycles. The highest BCUT2D eigenvalue weighted by Crippen LogP contribution is 2.27. The smallest absolute Gasteiger partial charge is 0.276 e. The van der Waals surface area contributed by atoms with Gasteiger partial charge in [0.1, 0.15) is 11.4 Å². The van der Waals surface area contributed by atoms with Crippen LogP contribution in [-0.2, 0) is 4.79 Å². The molecule has 100 valence electrons. The van der Waals surface area contributed by atoms with Crippen molar-refractivity contribution in [3.8, 4) is 5.75 Å². The zero-order chi connectivity index (χ0) is 14.2. The second-order valence-corrected chi connectivity index (χ2v) is 5.40. The lowest BCUT2D eigenvalue weighted by atomic mass is 10.1. The van der Waals surface area contributed by atoms with E-state index in [2.05, 4.69) is 15.9 Å². The van der Waals surface area contributed by atoms with E-state index in [0.717, 1.165) is 4.47 Å². The molecule has 1 saturated heterocycles. The van der Waals surface area contributed by atoms with Gasteiger partial charge in [0.15, 0.2) is 5.11 Å². The number of amides is 1. The van der Waals surface area contributed by atoms with E-state index in [1.165, 1.54) is 4.90 Å². The Hall–Kier alpha value is -1.40. The molecule has 0 aromatic heterocycles. The Morgan fingerprint density at radius 2 is 2.16 bits per heavy atom. The normalized spacial score (nSPS) is 17.7. The van der Waals surface area contributed by atoms with Gasteiger partial charge < -0.3 is 10.0 Å². The van der Waals surface area contributed by atoms with Crippen LogP contribution in [0.1, 0.15) is 12.5 Å². The van der Waals surface area contributed by atoms with Crippen LogP contribution in [0.15, 0.2) is 28.4 Å². The van der Waals surface area contributed by atoms with Crippen LogP contribution >= 0.6 is 28.1 Å². The molecule has 1 amide bonds. The molecule has 19 heavy (non-hydrogen) atoms. The molecule has 0 unspecified atom stereocenters. The zero-order valence-electron chi connectivity index (χ0n) is 10.6. The van der Waals surface area contributed by atoms with E-state index < -0.39 is 0 Å². The number of rotatable bonds is 2. The van der Waals surface area contributed by atoms with Gasteiger partial charge in [-0.1, -0.05) is 15.9 Å². The molecule has 0 atom stereocenters. The third kappa shape index (κ3) is 2.50. The average molecular weight is 341 g/mol. The van der Waals surface area contributed by atoms with Crippen molar-refractivity contribution in [3.05, 3.63) is 33.9 Å². The number of hydrogen-bond acceptors (Lipinski definition) is 3. The van der Waals surface area contributed by atoms with Gasteiger partial charge in [-0.2, -0.15) is 0 Å². The van der Waals surface area contributed by atoms with Gasteiger partial charge in [0.05, 0.1) is 0 Å². The minimum Gasteiger partial charge on any atom is -0.507 e. The summed E-state index contributed by atoms with van der Waals surface area (Å²) in [6.07, 6.45) is 1.64. The molecule has 1 aromatic rings. The molecule has 0 spiro atoms. The van der Waals surface area contributed by atoms with Gasteiger partial charge in [-0.05, 0) is 43.4 Å². The molecule has 0 saturated carbocycles. The van der Waals surface area contributed by atoms with E-state index in [4.69, 9.17) is 12.2 Å². The lowest BCUT2D eigenvalue weighted by molar-refractivity contribution is -0.122. The summed E-state index contributed by atoms with van der Waals surface area (Å²) in [6, 6.07) is 5.06. The van der Waals surface area contributed by atoms with Gasteiger partial charge in [-0.15, -0.1) is 0 Å². The number of benzene rings is 1. The Morgan fingerprint density at radius 3 is 2.74 bits per heavy atom. The predicted molar refractivity (Wildman–Crippen MR) is 81.5 cm³/mol. The fourth-order valence-electron chi connectivity index (χ4n) is 1.88. The highest BCUT2D eigenvalue weighted by molar-refractivity contribution is 9.10. The van der Waals surface area contributed by atoms with Crippen molar-refractivity contribution in [2.75, 3.05) is 13.6 Å². The Labute approximate surface area is 125 Å². The van der Waals surface area contributed by atoms with Crippen LogP contribution < -0.4 is 0 Å². The molecule has 0 bridgehead atoms. The number of phenolic OH excluding ortho intramolecular Hbond substituents is 1. The lowest BCUT2D eigenvalue weighted by Gasteiger charge is -2.13. The van der Waals surface area contributed by atoms with Crippen LogP contribution in [0.5, 0.6) is 5.75 Å². The molecule has 4 nitrogen and oxygen atoms in total. The summed E-state index contributed by atoms with van der Waals surface area (Å²) in [5.41, 5.74) is 1.03. The van der Waals surface area contributed by atoms with Crippen LogP contribution in [0.2, 0.25) is 0 Å². The lowest BCUT2D eigenvalue weighted by Crippen LogP contribution is -2.30. The van der Waals surface area contributed by atoms with E-state index in [1.807, 2.05) is 6.92 Å². The first-order chi connectivity index (χ1) is 8.95. The number of carbonyl (C=O) groups excluding carboxylic acids is 1. The molecular weight excluding hydrogens is 328 g/mol. The maximum absolute atomic E-state index is 12.2. The molecular formula is C13H13BrN2O2S. The summed E-state index contributed by atoms with van der Waals surface area (Å²) in [5, 5.41) is 10.3. The van der Waals surface area contributed by atoms with Crippen molar-refractivity contribution >= 4 is 45.2 Å². The van der Waals surface area contributed by atoms with Gasteiger partial charge in [0, 0.05) is 23.6 Å². The number of halogens is 1. The van der Waals surface area contributed by atoms with Gasteiger partial charge in [0.2, 0.25) is 0 Å². The van der Waals surface area contributed by atoms with E-state index in [9.17, 15) is 9.90 Å². The number of carbonyl (C=O) groups is 1. The molecule has 0 radical (unpaired) electrons. The van der Waals surface area contributed by atoms with Crippen molar-refractivity contribution in [2.24, 2.45) is 0 Å². The van der Waals surface area contributed by atoms with Crippen molar-refractivity contribution < 1.29 is 9.90 Å². The van der Waals surface area contributed by atoms with Crippen LogP contribution in [0.4, 0.5) is 0 Å². The first-order valence-corrected chi connectivity index (χ1v) is 6.95. The minimum atomic E-state index is -0.144.